The third-order valence-electron chi connectivity index (χ3n) is 7.35. The van der Waals surface area contributed by atoms with E-state index in [1.165, 1.54) is 0 Å². The van der Waals surface area contributed by atoms with Crippen LogP contribution in [0.25, 0.3) is 0 Å². The number of amides is 1. The quantitative estimate of drug-likeness (QED) is 0.429. The summed E-state index contributed by atoms with van der Waals surface area (Å²) in [6.45, 7) is 24.5. The van der Waals surface area contributed by atoms with Gasteiger partial charge in [0.2, 0.25) is 6.43 Å². The van der Waals surface area contributed by atoms with E-state index in [0.29, 0.717) is 0 Å². The average Bonchev–Trinajstić information content (AvgIpc) is 2.81. The molecule has 1 aliphatic heterocycles. The maximum Gasteiger partial charge on any atom is 0.412 e. The van der Waals surface area contributed by atoms with E-state index >= 15 is 0 Å². The van der Waals surface area contributed by atoms with Crippen LogP contribution in [0, 0.1) is 5.92 Å². The number of aliphatic hydroxyl groups is 1. The third-order valence-corrected chi connectivity index (χ3v) is 16.3. The van der Waals surface area contributed by atoms with Crippen LogP contribution in [0.3, 0.4) is 0 Å². The van der Waals surface area contributed by atoms with Gasteiger partial charge in [-0.05, 0) is 57.0 Å². The molecule has 0 unspecified atom stereocenters. The minimum absolute atomic E-state index is 0.187. The molecule has 1 aliphatic rings. The number of halogens is 2. The Balaban J connectivity index is 3.46. The van der Waals surface area contributed by atoms with Gasteiger partial charge in [-0.15, -0.1) is 0 Å². The molecule has 1 N–H and O–H groups in total. The van der Waals surface area contributed by atoms with Crippen LogP contribution in [0.5, 0.6) is 0 Å². The Hall–Kier alpha value is -0.556. The predicted octanol–water partition coefficient (Wildman–Crippen LogP) is 6.22. The Morgan fingerprint density at radius 3 is 1.82 bits per heavy atom. The molecule has 1 saturated heterocycles. The minimum atomic E-state index is -2.92. The van der Waals surface area contributed by atoms with Crippen molar-refractivity contribution in [2.45, 2.75) is 122 Å². The lowest BCUT2D eigenvalue weighted by Crippen LogP contribution is -2.59. The van der Waals surface area contributed by atoms with Crippen molar-refractivity contribution in [1.82, 2.24) is 4.90 Å². The van der Waals surface area contributed by atoms with Gasteiger partial charge in [0.1, 0.15) is 5.60 Å². The van der Waals surface area contributed by atoms with Gasteiger partial charge in [-0.2, -0.15) is 0 Å². The van der Waals surface area contributed by atoms with E-state index in [2.05, 4.69) is 0 Å². The summed E-state index contributed by atoms with van der Waals surface area (Å²) in [4.78, 5) is 14.1. The smallest absolute Gasteiger partial charge is 0.412 e. The van der Waals surface area contributed by atoms with Crippen LogP contribution in [-0.4, -0.2) is 69.7 Å². The van der Waals surface area contributed by atoms with Crippen LogP contribution in [0.15, 0.2) is 0 Å². The first-order chi connectivity index (χ1) is 14.4. The summed E-state index contributed by atoms with van der Waals surface area (Å²) >= 11 is 0. The van der Waals surface area contributed by atoms with E-state index < -0.39 is 59.1 Å². The minimum Gasteiger partial charge on any atom is -0.444 e. The number of hydrogen-bond acceptors (Lipinski definition) is 5. The van der Waals surface area contributed by atoms with E-state index in [0.717, 1.165) is 4.90 Å². The van der Waals surface area contributed by atoms with E-state index in [9.17, 15) is 18.7 Å². The van der Waals surface area contributed by atoms with Gasteiger partial charge in [-0.25, -0.2) is 13.6 Å². The predicted molar refractivity (Wildman–Crippen MR) is 133 cm³/mol. The fraction of sp³-hybridized carbons (Fsp3) is 0.957. The first-order valence-corrected chi connectivity index (χ1v) is 17.5. The van der Waals surface area contributed by atoms with Gasteiger partial charge in [-0.1, -0.05) is 41.5 Å². The number of carbonyl (C=O) groups excluding carboxylic acids is 1. The number of hydrogen-bond donors (Lipinski definition) is 1. The zero-order chi connectivity index (χ0) is 26.4. The van der Waals surface area contributed by atoms with E-state index in [4.69, 9.17) is 13.6 Å². The molecule has 0 aromatic heterocycles. The SMILES string of the molecule is CC(C)(C)OC(=O)N1C[C@H](O[Si](C)(C)C(C)(C)C)[C@@H](C(F)F)[C@@]1(O)CO[Si](C)(C)C(C)(C)C. The third kappa shape index (κ3) is 6.99. The number of carbonyl (C=O) groups is 1. The number of alkyl halides is 2. The molecule has 0 aromatic carbocycles. The highest BCUT2D eigenvalue weighted by atomic mass is 28.4. The standard InChI is InChI=1S/C23H47F2NO5Si2/c1-20(2,3)30-19(27)26-14-16(31-33(12,13)22(7,8)9)17(18(24)25)23(26,28)15-29-32(10,11)21(4,5)6/h16-18,28H,14-15H2,1-13H3/t16-,17-,23-/m0/s1. The van der Waals surface area contributed by atoms with Crippen LogP contribution in [0.1, 0.15) is 62.3 Å². The van der Waals surface area contributed by atoms with Crippen LogP contribution < -0.4 is 0 Å². The van der Waals surface area contributed by atoms with Gasteiger partial charge in [0.05, 0.1) is 25.2 Å². The number of nitrogens with zero attached hydrogens (tertiary/aromatic N) is 1. The maximum atomic E-state index is 14.5. The Morgan fingerprint density at radius 1 is 1.00 bits per heavy atom. The molecule has 10 heteroatoms. The van der Waals surface area contributed by atoms with Crippen molar-refractivity contribution in [3.63, 3.8) is 0 Å². The summed E-state index contributed by atoms with van der Waals surface area (Å²) < 4.78 is 47.1. The van der Waals surface area contributed by atoms with E-state index in [-0.39, 0.29) is 16.6 Å². The van der Waals surface area contributed by atoms with Crippen LogP contribution in [-0.2, 0) is 13.6 Å². The van der Waals surface area contributed by atoms with Crippen molar-refractivity contribution in [1.29, 1.82) is 0 Å². The lowest BCUT2D eigenvalue weighted by molar-refractivity contribution is -0.167. The summed E-state index contributed by atoms with van der Waals surface area (Å²) in [6, 6.07) is 0. The summed E-state index contributed by atoms with van der Waals surface area (Å²) in [5.41, 5.74) is -3.10. The van der Waals surface area contributed by atoms with Crippen molar-refractivity contribution < 1.29 is 32.3 Å². The summed E-state index contributed by atoms with van der Waals surface area (Å²) in [6.07, 6.45) is -4.80. The molecule has 1 amide bonds. The molecular weight excluding hydrogens is 464 g/mol. The van der Waals surface area contributed by atoms with Gasteiger partial charge in [0.15, 0.2) is 22.4 Å². The molecule has 1 heterocycles. The number of ether oxygens (including phenoxy) is 1. The second kappa shape index (κ2) is 9.48. The van der Waals surface area contributed by atoms with Crippen molar-refractivity contribution in [2.24, 2.45) is 5.92 Å². The second-order valence-corrected chi connectivity index (χ2v) is 22.9. The topological polar surface area (TPSA) is 68.2 Å². The fourth-order valence-corrected chi connectivity index (χ4v) is 5.52. The second-order valence-electron chi connectivity index (χ2n) is 13.3. The van der Waals surface area contributed by atoms with Crippen LogP contribution >= 0.6 is 0 Å². The molecular formula is C23H47F2NO5Si2. The highest BCUT2D eigenvalue weighted by Gasteiger charge is 2.62. The molecule has 3 atom stereocenters. The van der Waals surface area contributed by atoms with E-state index in [1.807, 2.05) is 67.7 Å². The maximum absolute atomic E-state index is 14.5. The van der Waals surface area contributed by atoms with Crippen molar-refractivity contribution in [2.75, 3.05) is 13.2 Å². The van der Waals surface area contributed by atoms with Gasteiger partial charge in [0, 0.05) is 0 Å². The highest BCUT2D eigenvalue weighted by molar-refractivity contribution is 6.74. The number of rotatable bonds is 6. The molecule has 0 saturated carbocycles. The molecule has 0 spiro atoms. The molecule has 0 aromatic rings. The van der Waals surface area contributed by atoms with E-state index in [1.54, 1.807) is 20.8 Å². The fourth-order valence-electron chi connectivity index (χ4n) is 3.19. The van der Waals surface area contributed by atoms with Gasteiger partial charge in [0.25, 0.3) is 0 Å². The number of likely N-dealkylation sites (tertiary alicyclic amines) is 1. The van der Waals surface area contributed by atoms with Gasteiger partial charge in [-0.3, -0.25) is 4.90 Å². The van der Waals surface area contributed by atoms with Crippen LogP contribution in [0.2, 0.25) is 36.3 Å². The molecule has 6 nitrogen and oxygen atoms in total. The van der Waals surface area contributed by atoms with Gasteiger partial charge < -0.3 is 18.7 Å². The zero-order valence-electron chi connectivity index (χ0n) is 22.9. The normalized spacial score (nSPS) is 25.7. The summed E-state index contributed by atoms with van der Waals surface area (Å²) in [5, 5.41) is 11.3. The largest absolute Gasteiger partial charge is 0.444 e. The zero-order valence-corrected chi connectivity index (χ0v) is 24.9. The Labute approximate surface area is 201 Å². The van der Waals surface area contributed by atoms with Gasteiger partial charge >= 0.3 is 6.09 Å². The lowest BCUT2D eigenvalue weighted by atomic mass is 9.95. The molecule has 196 valence electrons. The first-order valence-electron chi connectivity index (χ1n) is 11.7. The molecule has 1 rings (SSSR count). The first kappa shape index (κ1) is 30.5. The molecule has 33 heavy (non-hydrogen) atoms. The Bertz CT molecular complexity index is 698. The average molecular weight is 512 g/mol. The van der Waals surface area contributed by atoms with Crippen molar-refractivity contribution >= 4 is 22.7 Å². The molecule has 0 aliphatic carbocycles. The Kier molecular flexibility index (Phi) is 8.75. The monoisotopic (exact) mass is 511 g/mol. The van der Waals surface area contributed by atoms with Crippen molar-refractivity contribution in [3.8, 4) is 0 Å². The molecule has 1 fully saturated rings. The molecule has 0 radical (unpaired) electrons. The summed E-state index contributed by atoms with van der Waals surface area (Å²) in [5.74, 6) is -1.62. The Morgan fingerprint density at radius 2 is 1.45 bits per heavy atom. The lowest BCUT2D eigenvalue weighted by Gasteiger charge is -2.43. The van der Waals surface area contributed by atoms with Crippen LogP contribution in [0.4, 0.5) is 13.6 Å². The highest BCUT2D eigenvalue weighted by Crippen LogP contribution is 2.46. The molecule has 0 bridgehead atoms. The summed E-state index contributed by atoms with van der Waals surface area (Å²) in [7, 11) is -4.89. The van der Waals surface area contributed by atoms with Crippen molar-refractivity contribution in [3.05, 3.63) is 0 Å².